The number of hydrogen-bond donors (Lipinski definition) is 2. The van der Waals surface area contributed by atoms with E-state index >= 15 is 0 Å². The fourth-order valence-corrected chi connectivity index (χ4v) is 2.12. The van der Waals surface area contributed by atoms with Crippen LogP contribution in [0.15, 0.2) is 0 Å². The largest absolute Gasteiger partial charge is 0.396 e. The Bertz CT molecular complexity index is 223. The molecule has 0 fully saturated rings. The van der Waals surface area contributed by atoms with Gasteiger partial charge in [0.15, 0.2) is 0 Å². The lowest BCUT2D eigenvalue weighted by Gasteiger charge is -2.16. The van der Waals surface area contributed by atoms with Gasteiger partial charge in [-0.2, -0.15) is 0 Å². The minimum atomic E-state index is 0.184. The molecule has 0 bridgehead atoms. The molecule has 120 valence electrons. The maximum Gasteiger partial charge on any atom is 0.220 e. The van der Waals surface area contributed by atoms with E-state index in [0.29, 0.717) is 13.0 Å². The van der Waals surface area contributed by atoms with Gasteiger partial charge in [0.1, 0.15) is 0 Å². The highest BCUT2D eigenvalue weighted by Gasteiger charge is 2.01. The van der Waals surface area contributed by atoms with Gasteiger partial charge >= 0.3 is 0 Å². The van der Waals surface area contributed by atoms with Crippen molar-refractivity contribution in [3.63, 3.8) is 0 Å². The summed E-state index contributed by atoms with van der Waals surface area (Å²) in [6, 6.07) is 0. The molecule has 0 unspecified atom stereocenters. The molecular formula is C16H34N2O2. The molecule has 0 radical (unpaired) electrons. The first-order valence-corrected chi connectivity index (χ1v) is 8.26. The predicted octanol–water partition coefficient (Wildman–Crippen LogP) is 2.56. The van der Waals surface area contributed by atoms with Crippen molar-refractivity contribution in [1.29, 1.82) is 0 Å². The average Bonchev–Trinajstić information content (AvgIpc) is 2.44. The van der Waals surface area contributed by atoms with E-state index < -0.39 is 0 Å². The summed E-state index contributed by atoms with van der Waals surface area (Å²) in [4.78, 5) is 13.7. The fraction of sp³-hybridized carbons (Fsp3) is 0.938. The van der Waals surface area contributed by atoms with E-state index in [2.05, 4.69) is 24.2 Å². The topological polar surface area (TPSA) is 52.6 Å². The number of hydrogen-bond acceptors (Lipinski definition) is 3. The molecular weight excluding hydrogens is 252 g/mol. The van der Waals surface area contributed by atoms with Crippen LogP contribution in [0.4, 0.5) is 0 Å². The van der Waals surface area contributed by atoms with Gasteiger partial charge in [0, 0.05) is 26.1 Å². The molecule has 0 aromatic carbocycles. The summed E-state index contributed by atoms with van der Waals surface area (Å²) in [7, 11) is 2.12. The molecule has 1 amide bonds. The summed E-state index contributed by atoms with van der Waals surface area (Å²) in [5.74, 6) is 0.184. The molecule has 4 heteroatoms. The summed E-state index contributed by atoms with van der Waals surface area (Å²) in [5.41, 5.74) is 0. The van der Waals surface area contributed by atoms with Gasteiger partial charge in [-0.3, -0.25) is 4.79 Å². The van der Waals surface area contributed by atoms with E-state index in [4.69, 9.17) is 5.11 Å². The minimum Gasteiger partial charge on any atom is -0.396 e. The molecule has 0 atom stereocenters. The Labute approximate surface area is 124 Å². The number of likely N-dealkylation sites (N-methyl/N-ethyl adjacent to an activating group) is 1. The van der Waals surface area contributed by atoms with E-state index in [1.807, 2.05) is 0 Å². The Morgan fingerprint density at radius 1 is 1.00 bits per heavy atom. The van der Waals surface area contributed by atoms with Crippen molar-refractivity contribution in [2.24, 2.45) is 0 Å². The van der Waals surface area contributed by atoms with Crippen molar-refractivity contribution < 1.29 is 9.90 Å². The molecule has 0 rings (SSSR count). The van der Waals surface area contributed by atoms with Crippen LogP contribution in [0.1, 0.15) is 64.7 Å². The van der Waals surface area contributed by atoms with Crippen LogP contribution >= 0.6 is 0 Å². The summed E-state index contributed by atoms with van der Waals surface area (Å²) >= 11 is 0. The van der Waals surface area contributed by atoms with E-state index in [0.717, 1.165) is 45.3 Å². The highest BCUT2D eigenvalue weighted by molar-refractivity contribution is 5.75. The van der Waals surface area contributed by atoms with E-state index in [1.165, 1.54) is 25.7 Å². The zero-order valence-corrected chi connectivity index (χ0v) is 13.5. The van der Waals surface area contributed by atoms with Crippen LogP contribution in [0.3, 0.4) is 0 Å². The lowest BCUT2D eigenvalue weighted by Crippen LogP contribution is -2.33. The zero-order valence-electron chi connectivity index (χ0n) is 13.5. The molecule has 0 aliphatic heterocycles. The number of unbranched alkanes of at least 4 members (excludes halogenated alkanes) is 6. The third-order valence-corrected chi connectivity index (χ3v) is 3.52. The molecule has 0 aromatic rings. The van der Waals surface area contributed by atoms with E-state index in [-0.39, 0.29) is 5.91 Å². The van der Waals surface area contributed by atoms with Crippen LogP contribution in [0, 0.1) is 0 Å². The maximum atomic E-state index is 11.4. The van der Waals surface area contributed by atoms with Crippen LogP contribution < -0.4 is 5.32 Å². The van der Waals surface area contributed by atoms with Crippen LogP contribution in [0.25, 0.3) is 0 Å². The molecule has 0 saturated heterocycles. The molecule has 0 saturated carbocycles. The molecule has 20 heavy (non-hydrogen) atoms. The highest BCUT2D eigenvalue weighted by Crippen LogP contribution is 2.05. The van der Waals surface area contributed by atoms with Crippen LogP contribution in [0.2, 0.25) is 0 Å². The third-order valence-electron chi connectivity index (χ3n) is 3.52. The Kier molecular flexibility index (Phi) is 14.3. The van der Waals surface area contributed by atoms with Crippen molar-refractivity contribution in [1.82, 2.24) is 10.2 Å². The second-order valence-electron chi connectivity index (χ2n) is 5.60. The van der Waals surface area contributed by atoms with Gasteiger partial charge in [0.2, 0.25) is 5.91 Å². The van der Waals surface area contributed by atoms with Crippen LogP contribution in [-0.4, -0.2) is 49.2 Å². The number of nitrogens with one attached hydrogen (secondary N) is 1. The normalized spacial score (nSPS) is 11.0. The van der Waals surface area contributed by atoms with Crippen LogP contribution in [0.5, 0.6) is 0 Å². The predicted molar refractivity (Wildman–Crippen MR) is 84.8 cm³/mol. The lowest BCUT2D eigenvalue weighted by atomic mass is 10.1. The second-order valence-corrected chi connectivity index (χ2v) is 5.60. The smallest absolute Gasteiger partial charge is 0.220 e. The monoisotopic (exact) mass is 286 g/mol. The van der Waals surface area contributed by atoms with Gasteiger partial charge in [0.05, 0.1) is 0 Å². The standard InChI is InChI=1S/C16H34N2O2/c1-3-4-11-16(20)17-12-14-18(2)13-9-7-5-6-8-10-15-19/h19H,3-15H2,1-2H3,(H,17,20). The number of carbonyl (C=O) groups excluding carboxylic acids is 1. The third kappa shape index (κ3) is 13.8. The van der Waals surface area contributed by atoms with Gasteiger partial charge in [-0.1, -0.05) is 39.0 Å². The molecule has 4 nitrogen and oxygen atoms in total. The van der Waals surface area contributed by atoms with E-state index in [9.17, 15) is 4.79 Å². The Hall–Kier alpha value is -0.610. The second kappa shape index (κ2) is 14.8. The Balaban J connectivity index is 3.28. The van der Waals surface area contributed by atoms with Gasteiger partial charge < -0.3 is 15.3 Å². The van der Waals surface area contributed by atoms with Gasteiger partial charge in [-0.05, 0) is 32.9 Å². The Morgan fingerprint density at radius 3 is 2.30 bits per heavy atom. The summed E-state index contributed by atoms with van der Waals surface area (Å²) in [6.45, 7) is 5.22. The quantitative estimate of drug-likeness (QED) is 0.483. The number of rotatable bonds is 14. The molecule has 0 heterocycles. The lowest BCUT2D eigenvalue weighted by molar-refractivity contribution is -0.121. The first-order valence-electron chi connectivity index (χ1n) is 8.26. The number of aliphatic hydroxyl groups excluding tert-OH is 1. The minimum absolute atomic E-state index is 0.184. The summed E-state index contributed by atoms with van der Waals surface area (Å²) < 4.78 is 0. The van der Waals surface area contributed by atoms with Crippen molar-refractivity contribution in [2.45, 2.75) is 64.7 Å². The molecule has 2 N–H and O–H groups in total. The Morgan fingerprint density at radius 2 is 1.65 bits per heavy atom. The van der Waals surface area contributed by atoms with Crippen molar-refractivity contribution >= 4 is 5.91 Å². The van der Waals surface area contributed by atoms with Crippen molar-refractivity contribution in [3.8, 4) is 0 Å². The van der Waals surface area contributed by atoms with Crippen molar-refractivity contribution in [2.75, 3.05) is 33.3 Å². The van der Waals surface area contributed by atoms with Crippen molar-refractivity contribution in [3.05, 3.63) is 0 Å². The van der Waals surface area contributed by atoms with Gasteiger partial charge in [0.25, 0.3) is 0 Å². The first-order chi connectivity index (χ1) is 9.70. The van der Waals surface area contributed by atoms with Gasteiger partial charge in [-0.15, -0.1) is 0 Å². The number of nitrogens with zero attached hydrogens (tertiary/aromatic N) is 1. The molecule has 0 spiro atoms. The number of carbonyl (C=O) groups is 1. The fourth-order valence-electron chi connectivity index (χ4n) is 2.12. The zero-order chi connectivity index (χ0) is 15.1. The SMILES string of the molecule is CCCCC(=O)NCCN(C)CCCCCCCCO. The van der Waals surface area contributed by atoms with Gasteiger partial charge in [-0.25, -0.2) is 0 Å². The molecule has 0 aromatic heterocycles. The average molecular weight is 286 g/mol. The molecule has 0 aliphatic rings. The number of amides is 1. The summed E-state index contributed by atoms with van der Waals surface area (Å²) in [6.07, 6.45) is 9.79. The van der Waals surface area contributed by atoms with E-state index in [1.54, 1.807) is 0 Å². The number of aliphatic hydroxyl groups is 1. The molecule has 0 aliphatic carbocycles. The first kappa shape index (κ1) is 19.4. The maximum absolute atomic E-state index is 11.4. The highest BCUT2D eigenvalue weighted by atomic mass is 16.2. The van der Waals surface area contributed by atoms with Crippen LogP contribution in [-0.2, 0) is 4.79 Å². The summed E-state index contributed by atoms with van der Waals surface area (Å²) in [5, 5.41) is 11.6.